The fraction of sp³-hybridized carbons (Fsp3) is 0. The first-order valence-corrected chi connectivity index (χ1v) is 6.23. The molecule has 0 aromatic carbocycles. The largest absolute Gasteiger partial charge is 0.492 e. The van der Waals surface area contributed by atoms with Crippen molar-refractivity contribution in [3.05, 3.63) is 0 Å². The second-order valence-electron chi connectivity index (χ2n) is 1.36. The SMILES string of the molecule is O=[P](O)OP(=O)(O)OP(=O)(O)O. The maximum Gasteiger partial charge on any atom is 0.492 e. The predicted molar refractivity (Wildman–Crippen MR) is 33.9 cm³/mol. The maximum absolute atomic E-state index is 10.3. The quantitative estimate of drug-likeness (QED) is 0.492. The van der Waals surface area contributed by atoms with Gasteiger partial charge in [0.25, 0.3) is 0 Å². The van der Waals surface area contributed by atoms with Crippen LogP contribution in [0.2, 0.25) is 0 Å². The van der Waals surface area contributed by atoms with E-state index in [2.05, 4.69) is 8.62 Å². The summed E-state index contributed by atoms with van der Waals surface area (Å²) in [5.41, 5.74) is 0. The molecule has 0 saturated heterocycles. The average molecular weight is 241 g/mol. The molecule has 0 amide bonds. The predicted octanol–water partition coefficient (Wildman–Crippen LogP) is -0.138. The lowest BCUT2D eigenvalue weighted by Gasteiger charge is -2.08. The Kier molecular flexibility index (Phi) is 4.13. The van der Waals surface area contributed by atoms with Gasteiger partial charge in [0.1, 0.15) is 0 Å². The second kappa shape index (κ2) is 4.02. The van der Waals surface area contributed by atoms with Crippen LogP contribution in [0.15, 0.2) is 0 Å². The lowest BCUT2D eigenvalue weighted by molar-refractivity contribution is 0.227. The van der Waals surface area contributed by atoms with Crippen molar-refractivity contribution in [2.45, 2.75) is 0 Å². The van der Waals surface area contributed by atoms with Crippen molar-refractivity contribution in [3.8, 4) is 0 Å². The fourth-order valence-electron chi connectivity index (χ4n) is 0.238. The molecule has 0 saturated carbocycles. The molecule has 73 valence electrons. The van der Waals surface area contributed by atoms with Crippen molar-refractivity contribution in [2.24, 2.45) is 0 Å². The first-order valence-electron chi connectivity index (χ1n) is 2.08. The van der Waals surface area contributed by atoms with Crippen molar-refractivity contribution in [1.29, 1.82) is 0 Å². The van der Waals surface area contributed by atoms with Crippen LogP contribution in [0.1, 0.15) is 0 Å². The van der Waals surface area contributed by atoms with E-state index in [-0.39, 0.29) is 0 Å². The average Bonchev–Trinajstić information content (AvgIpc) is 1.48. The minimum absolute atomic E-state index is 3.15. The highest BCUT2D eigenvalue weighted by Gasteiger charge is 2.34. The summed E-state index contributed by atoms with van der Waals surface area (Å²) >= 11 is 0. The highest BCUT2D eigenvalue weighted by Crippen LogP contribution is 2.60. The summed E-state index contributed by atoms with van der Waals surface area (Å²) in [4.78, 5) is 32.1. The molecule has 0 rings (SSSR count). The van der Waals surface area contributed by atoms with E-state index < -0.39 is 23.9 Å². The van der Waals surface area contributed by atoms with Gasteiger partial charge in [-0.3, -0.25) is 4.89 Å². The Balaban J connectivity index is 4.35. The van der Waals surface area contributed by atoms with Gasteiger partial charge in [0.2, 0.25) is 0 Å². The minimum Gasteiger partial charge on any atom is -0.302 e. The van der Waals surface area contributed by atoms with Crippen molar-refractivity contribution < 1.29 is 41.9 Å². The zero-order valence-corrected chi connectivity index (χ0v) is 7.86. The highest BCUT2D eigenvalue weighted by atomic mass is 31.3. The molecule has 9 nitrogen and oxygen atoms in total. The van der Waals surface area contributed by atoms with E-state index in [4.69, 9.17) is 19.6 Å². The molecule has 0 heterocycles. The molecule has 0 aliphatic carbocycles. The Labute approximate surface area is 66.8 Å². The summed E-state index contributed by atoms with van der Waals surface area (Å²) in [5.74, 6) is 0. The molecule has 12 heteroatoms. The van der Waals surface area contributed by atoms with Crippen LogP contribution < -0.4 is 0 Å². The van der Waals surface area contributed by atoms with Gasteiger partial charge in [0.15, 0.2) is 0 Å². The topological polar surface area (TPSA) is 151 Å². The van der Waals surface area contributed by atoms with Crippen molar-refractivity contribution in [3.63, 3.8) is 0 Å². The summed E-state index contributed by atoms with van der Waals surface area (Å²) in [5, 5.41) is 0. The van der Waals surface area contributed by atoms with Gasteiger partial charge in [-0.15, -0.1) is 0 Å². The third kappa shape index (κ3) is 7.00. The molecule has 0 aliphatic rings. The van der Waals surface area contributed by atoms with E-state index in [0.717, 1.165) is 0 Å². The molecule has 0 aliphatic heterocycles. The molecule has 1 radical (unpaired) electrons. The van der Waals surface area contributed by atoms with Crippen LogP contribution >= 0.6 is 23.9 Å². The zero-order valence-electron chi connectivity index (χ0n) is 5.17. The standard InChI is InChI=1S/H4O9P3/c1-10(2)8-12(6,7)9-11(3,4)5/h(H,1,2)(H,6,7)(H2,3,4,5). The third-order valence-corrected chi connectivity index (χ3v) is 3.44. The summed E-state index contributed by atoms with van der Waals surface area (Å²) in [6, 6.07) is 0. The van der Waals surface area contributed by atoms with Crippen LogP contribution in [-0.4, -0.2) is 19.6 Å². The van der Waals surface area contributed by atoms with Crippen LogP contribution in [0.3, 0.4) is 0 Å². The van der Waals surface area contributed by atoms with Crippen LogP contribution in [-0.2, 0) is 22.3 Å². The number of phosphoric acid groups is 2. The van der Waals surface area contributed by atoms with E-state index in [9.17, 15) is 13.7 Å². The Hall–Kier alpha value is 0.320. The lowest BCUT2D eigenvalue weighted by atomic mass is 15.7. The second-order valence-corrected chi connectivity index (χ2v) is 5.06. The van der Waals surface area contributed by atoms with Crippen molar-refractivity contribution in [1.82, 2.24) is 0 Å². The fourth-order valence-corrected chi connectivity index (χ4v) is 2.41. The van der Waals surface area contributed by atoms with Gasteiger partial charge in [-0.25, -0.2) is 13.7 Å². The van der Waals surface area contributed by atoms with Gasteiger partial charge in [0.05, 0.1) is 0 Å². The molecule has 0 aromatic rings. The molecule has 12 heavy (non-hydrogen) atoms. The molecule has 0 spiro atoms. The van der Waals surface area contributed by atoms with Gasteiger partial charge in [-0.05, 0) is 0 Å². The summed E-state index contributed by atoms with van der Waals surface area (Å²) in [6.45, 7) is 0. The first kappa shape index (κ1) is 12.3. The van der Waals surface area contributed by atoms with Gasteiger partial charge < -0.3 is 14.7 Å². The van der Waals surface area contributed by atoms with Crippen molar-refractivity contribution >= 4 is 23.9 Å². The zero-order chi connectivity index (χ0) is 9.99. The van der Waals surface area contributed by atoms with Crippen LogP contribution in [0.4, 0.5) is 0 Å². The normalized spacial score (nSPS) is 18.5. The van der Waals surface area contributed by atoms with Gasteiger partial charge in [-0.1, -0.05) is 0 Å². The summed E-state index contributed by atoms with van der Waals surface area (Å²) in [6.07, 6.45) is 0. The minimum atomic E-state index is -5.22. The number of rotatable bonds is 4. The Bertz CT molecular complexity index is 257. The maximum atomic E-state index is 10.3. The van der Waals surface area contributed by atoms with Crippen LogP contribution in [0.5, 0.6) is 0 Å². The molecular formula is H4O9P3. The van der Waals surface area contributed by atoms with Crippen LogP contribution in [0, 0.1) is 0 Å². The smallest absolute Gasteiger partial charge is 0.302 e. The Morgan fingerprint density at radius 3 is 1.83 bits per heavy atom. The number of hydrogen-bond acceptors (Lipinski definition) is 5. The molecule has 0 aromatic heterocycles. The van der Waals surface area contributed by atoms with E-state index in [1.165, 1.54) is 0 Å². The molecule has 2 atom stereocenters. The summed E-state index contributed by atoms with van der Waals surface area (Å²) in [7, 11) is -13.9. The van der Waals surface area contributed by atoms with Crippen LogP contribution in [0.25, 0.3) is 0 Å². The highest BCUT2D eigenvalue weighted by molar-refractivity contribution is 7.64. The van der Waals surface area contributed by atoms with E-state index in [1.54, 1.807) is 0 Å². The Morgan fingerprint density at radius 1 is 1.17 bits per heavy atom. The van der Waals surface area contributed by atoms with Gasteiger partial charge >= 0.3 is 23.9 Å². The summed E-state index contributed by atoms with van der Waals surface area (Å²) < 4.78 is 36.4. The molecule has 2 unspecified atom stereocenters. The lowest BCUT2D eigenvalue weighted by Crippen LogP contribution is -1.87. The van der Waals surface area contributed by atoms with E-state index in [1.807, 2.05) is 0 Å². The molecule has 0 fully saturated rings. The molecule has 4 N–H and O–H groups in total. The van der Waals surface area contributed by atoms with Gasteiger partial charge in [-0.2, -0.15) is 8.62 Å². The first-order chi connectivity index (χ1) is 5.12. The monoisotopic (exact) mass is 241 g/mol. The number of hydrogen-bond donors (Lipinski definition) is 4. The van der Waals surface area contributed by atoms with Crippen molar-refractivity contribution in [2.75, 3.05) is 0 Å². The van der Waals surface area contributed by atoms with Gasteiger partial charge in [0, 0.05) is 0 Å². The molecule has 0 bridgehead atoms. The third-order valence-electron chi connectivity index (χ3n) is 0.383. The molecular weight excluding hydrogens is 237 g/mol. The van der Waals surface area contributed by atoms with E-state index >= 15 is 0 Å². The Morgan fingerprint density at radius 2 is 1.58 bits per heavy atom. The van der Waals surface area contributed by atoms with E-state index in [0.29, 0.717) is 0 Å².